The highest BCUT2D eigenvalue weighted by molar-refractivity contribution is 5.96. The van der Waals surface area contributed by atoms with E-state index in [9.17, 15) is 25.2 Å². The van der Waals surface area contributed by atoms with Crippen LogP contribution in [0.4, 0.5) is 0 Å². The number of aromatic nitrogens is 1. The molecule has 9 atom stereocenters. The number of ether oxygens (including phenoxy) is 3. The number of aliphatic hydroxyl groups is 4. The summed E-state index contributed by atoms with van der Waals surface area (Å²) in [6.45, 7) is 4.01. The van der Waals surface area contributed by atoms with Gasteiger partial charge in [-0.15, -0.1) is 6.58 Å². The van der Waals surface area contributed by atoms with Crippen molar-refractivity contribution in [2.45, 2.75) is 55.9 Å². The molecule has 4 aliphatic rings. The summed E-state index contributed by atoms with van der Waals surface area (Å²) in [6.07, 6.45) is -3.53. The average molecular weight is 499 g/mol. The third kappa shape index (κ3) is 3.52. The molecule has 5 heterocycles. The van der Waals surface area contributed by atoms with Crippen LogP contribution in [0, 0.1) is 11.8 Å². The first kappa shape index (κ1) is 23.7. The summed E-state index contributed by atoms with van der Waals surface area (Å²) < 4.78 is 17.2. The number of amides is 1. The molecular weight excluding hydrogens is 468 g/mol. The first-order chi connectivity index (χ1) is 17.4. The molecule has 0 bridgehead atoms. The normalized spacial score (nSPS) is 38.0. The monoisotopic (exact) mass is 498 g/mol. The first-order valence-corrected chi connectivity index (χ1v) is 12.3. The van der Waals surface area contributed by atoms with Gasteiger partial charge in [-0.25, -0.2) is 0 Å². The summed E-state index contributed by atoms with van der Waals surface area (Å²) in [5.74, 6) is -0.783. The molecule has 6 rings (SSSR count). The molecule has 2 aromatic rings. The second kappa shape index (κ2) is 8.98. The Labute approximate surface area is 207 Å². The standard InChI is InChI=1S/C26H30N2O8/c1-2-12-15-9-18-20-14(13-5-3-4-6-17(13)27-20)7-8-28(18)24(33)16(15)11-34-25(12)36-26-23(32)22(31)21(30)19(10-29)35-26/h2-6,11-12,15,18-19,21-23,25-27,29-32H,1,7-10H2/t12-,15+,18+,19-,21-,22+,23-,25+,26+/m0/s1. The molecular formula is C26H30N2O8. The molecule has 1 amide bonds. The van der Waals surface area contributed by atoms with Gasteiger partial charge in [0, 0.05) is 35.0 Å². The maximum Gasteiger partial charge on any atom is 0.253 e. The quantitative estimate of drug-likeness (QED) is 0.383. The zero-order chi connectivity index (χ0) is 25.1. The van der Waals surface area contributed by atoms with Crippen LogP contribution in [0.15, 0.2) is 48.8 Å². The maximum atomic E-state index is 13.5. The Hall–Kier alpha value is -2.73. The van der Waals surface area contributed by atoms with Crippen molar-refractivity contribution in [3.8, 4) is 0 Å². The molecule has 0 unspecified atom stereocenters. The molecule has 0 spiro atoms. The summed E-state index contributed by atoms with van der Waals surface area (Å²) in [4.78, 5) is 19.0. The fourth-order valence-electron chi connectivity index (χ4n) is 6.13. The van der Waals surface area contributed by atoms with Gasteiger partial charge in [0.2, 0.25) is 6.29 Å². The summed E-state index contributed by atoms with van der Waals surface area (Å²) in [5.41, 5.74) is 3.89. The van der Waals surface area contributed by atoms with Crippen molar-refractivity contribution < 1.29 is 39.4 Å². The third-order valence-corrected chi connectivity index (χ3v) is 8.04. The van der Waals surface area contributed by atoms with Gasteiger partial charge in [0.05, 0.1) is 24.5 Å². The largest absolute Gasteiger partial charge is 0.471 e. The van der Waals surface area contributed by atoms with Gasteiger partial charge in [-0.3, -0.25) is 4.79 Å². The second-order valence-corrected chi connectivity index (χ2v) is 9.89. The van der Waals surface area contributed by atoms with E-state index in [-0.39, 0.29) is 17.9 Å². The van der Waals surface area contributed by atoms with E-state index in [4.69, 9.17) is 14.2 Å². The number of nitrogens with one attached hydrogen (secondary N) is 1. The molecule has 0 radical (unpaired) electrons. The molecule has 36 heavy (non-hydrogen) atoms. The smallest absolute Gasteiger partial charge is 0.253 e. The van der Waals surface area contributed by atoms with Crippen LogP contribution in [-0.2, 0) is 25.4 Å². The highest BCUT2D eigenvalue weighted by atomic mass is 16.8. The van der Waals surface area contributed by atoms with Crippen LogP contribution in [0.3, 0.4) is 0 Å². The molecule has 1 aromatic carbocycles. The first-order valence-electron chi connectivity index (χ1n) is 12.3. The van der Waals surface area contributed by atoms with Crippen LogP contribution < -0.4 is 0 Å². The number of hydrogen-bond donors (Lipinski definition) is 5. The van der Waals surface area contributed by atoms with Crippen LogP contribution >= 0.6 is 0 Å². The summed E-state index contributed by atoms with van der Waals surface area (Å²) in [6, 6.07) is 8.01. The third-order valence-electron chi connectivity index (χ3n) is 8.04. The van der Waals surface area contributed by atoms with E-state index >= 15 is 0 Å². The number of nitrogens with zero attached hydrogens (tertiary/aromatic N) is 1. The zero-order valence-corrected chi connectivity index (χ0v) is 19.6. The number of carbonyl (C=O) groups is 1. The molecule has 4 aliphatic heterocycles. The molecule has 192 valence electrons. The van der Waals surface area contributed by atoms with Crippen molar-refractivity contribution in [2.75, 3.05) is 13.2 Å². The van der Waals surface area contributed by atoms with Gasteiger partial charge < -0.3 is 44.5 Å². The molecule has 10 nitrogen and oxygen atoms in total. The maximum absolute atomic E-state index is 13.5. The van der Waals surface area contributed by atoms with Crippen LogP contribution in [0.5, 0.6) is 0 Å². The average Bonchev–Trinajstić information content (AvgIpc) is 3.28. The van der Waals surface area contributed by atoms with Crippen LogP contribution in [-0.4, -0.2) is 86.4 Å². The Bertz CT molecular complexity index is 1210. The van der Waals surface area contributed by atoms with Crippen molar-refractivity contribution in [3.05, 3.63) is 60.0 Å². The Kier molecular flexibility index (Phi) is 5.90. The number of piperidine rings is 1. The number of benzene rings is 1. The lowest BCUT2D eigenvalue weighted by Crippen LogP contribution is -2.60. The summed E-state index contributed by atoms with van der Waals surface area (Å²) in [7, 11) is 0. The number of rotatable bonds is 4. The van der Waals surface area contributed by atoms with Crippen molar-refractivity contribution >= 4 is 16.8 Å². The van der Waals surface area contributed by atoms with Gasteiger partial charge in [-0.2, -0.15) is 0 Å². The number of aromatic amines is 1. The molecule has 2 fully saturated rings. The molecule has 0 saturated carbocycles. The Morgan fingerprint density at radius 3 is 2.75 bits per heavy atom. The Balaban J connectivity index is 1.28. The van der Waals surface area contributed by atoms with Gasteiger partial charge >= 0.3 is 0 Å². The highest BCUT2D eigenvalue weighted by Crippen LogP contribution is 2.48. The minimum atomic E-state index is -1.56. The van der Waals surface area contributed by atoms with Gasteiger partial charge in [0.15, 0.2) is 6.29 Å². The SMILES string of the molecule is C=C[C@@H]1[C@@H](O[C@H]2O[C@@H](CO)[C@H](O)[C@@H](O)[C@@H]2O)OC=C2C(=O)N3CCc4c([nH]c5ccccc45)[C@H]3C[C@@H]21. The van der Waals surface area contributed by atoms with E-state index in [2.05, 4.69) is 17.6 Å². The number of hydrogen-bond acceptors (Lipinski definition) is 8. The number of aliphatic hydroxyl groups excluding tert-OH is 4. The minimum Gasteiger partial charge on any atom is -0.471 e. The van der Waals surface area contributed by atoms with Crippen LogP contribution in [0.25, 0.3) is 10.9 Å². The lowest BCUT2D eigenvalue weighted by molar-refractivity contribution is -0.339. The van der Waals surface area contributed by atoms with Gasteiger partial charge in [-0.1, -0.05) is 24.3 Å². The van der Waals surface area contributed by atoms with E-state index in [0.717, 1.165) is 17.6 Å². The number of fused-ring (bicyclic) bond motifs is 6. The number of para-hydroxylation sites is 1. The van der Waals surface area contributed by atoms with E-state index < -0.39 is 49.5 Å². The predicted octanol–water partition coefficient (Wildman–Crippen LogP) is 0.473. The Morgan fingerprint density at radius 1 is 1.17 bits per heavy atom. The van der Waals surface area contributed by atoms with Gasteiger partial charge in [0.1, 0.15) is 24.4 Å². The molecule has 0 aliphatic carbocycles. The topological polar surface area (TPSA) is 145 Å². The van der Waals surface area contributed by atoms with Crippen molar-refractivity contribution in [3.63, 3.8) is 0 Å². The van der Waals surface area contributed by atoms with Crippen molar-refractivity contribution in [1.29, 1.82) is 0 Å². The molecule has 5 N–H and O–H groups in total. The number of carbonyl (C=O) groups excluding carboxylic acids is 1. The molecule has 2 saturated heterocycles. The minimum absolute atomic E-state index is 0.0845. The molecule has 10 heteroatoms. The predicted molar refractivity (Wildman–Crippen MR) is 126 cm³/mol. The summed E-state index contributed by atoms with van der Waals surface area (Å²) in [5, 5.41) is 41.3. The zero-order valence-electron chi connectivity index (χ0n) is 19.6. The van der Waals surface area contributed by atoms with Gasteiger partial charge in [-0.05, 0) is 24.5 Å². The van der Waals surface area contributed by atoms with E-state index in [1.54, 1.807) is 6.08 Å². The lowest BCUT2D eigenvalue weighted by Gasteiger charge is -2.48. The van der Waals surface area contributed by atoms with E-state index in [0.29, 0.717) is 18.5 Å². The molecule has 1 aromatic heterocycles. The number of H-pyrrole nitrogens is 1. The highest BCUT2D eigenvalue weighted by Gasteiger charge is 2.51. The fraction of sp³-hybridized carbons (Fsp3) is 0.500. The van der Waals surface area contributed by atoms with E-state index in [1.807, 2.05) is 23.1 Å². The Morgan fingerprint density at radius 2 is 1.97 bits per heavy atom. The lowest BCUT2D eigenvalue weighted by atomic mass is 9.74. The van der Waals surface area contributed by atoms with Crippen molar-refractivity contribution in [2.24, 2.45) is 11.8 Å². The second-order valence-electron chi connectivity index (χ2n) is 9.89. The van der Waals surface area contributed by atoms with Crippen LogP contribution in [0.2, 0.25) is 0 Å². The van der Waals surface area contributed by atoms with Gasteiger partial charge in [0.25, 0.3) is 5.91 Å². The van der Waals surface area contributed by atoms with Crippen LogP contribution in [0.1, 0.15) is 23.7 Å². The van der Waals surface area contributed by atoms with Crippen molar-refractivity contribution in [1.82, 2.24) is 9.88 Å². The summed E-state index contributed by atoms with van der Waals surface area (Å²) >= 11 is 0. The fourth-order valence-corrected chi connectivity index (χ4v) is 6.13. The van der Waals surface area contributed by atoms with E-state index in [1.165, 1.54) is 17.2 Å².